The van der Waals surface area contributed by atoms with Gasteiger partial charge in [0.2, 0.25) is 0 Å². The maximum absolute atomic E-state index is 11.4. The highest BCUT2D eigenvalue weighted by Gasteiger charge is 2.24. The van der Waals surface area contributed by atoms with E-state index in [1.165, 1.54) is 12.4 Å². The number of carbonyl (C=O) groups is 1. The van der Waals surface area contributed by atoms with Gasteiger partial charge in [-0.1, -0.05) is 29.8 Å². The molecule has 0 fully saturated rings. The van der Waals surface area contributed by atoms with E-state index >= 15 is 0 Å². The molecular weight excluding hydrogens is 332 g/mol. The molecule has 4 nitrogen and oxygen atoms in total. The van der Waals surface area contributed by atoms with E-state index < -0.39 is 11.9 Å². The van der Waals surface area contributed by atoms with E-state index in [1.54, 1.807) is 18.2 Å². The van der Waals surface area contributed by atoms with Crippen molar-refractivity contribution < 1.29 is 9.90 Å². The third-order valence-electron chi connectivity index (χ3n) is 2.63. The molecule has 1 atom stereocenters. The first-order valence-electron chi connectivity index (χ1n) is 5.51. The summed E-state index contributed by atoms with van der Waals surface area (Å²) in [6, 6.07) is 7.16. The van der Waals surface area contributed by atoms with E-state index in [2.05, 4.69) is 25.9 Å². The maximum Gasteiger partial charge on any atom is 0.314 e. The Kier molecular flexibility index (Phi) is 4.50. The molecule has 0 aliphatic heterocycles. The van der Waals surface area contributed by atoms with Crippen LogP contribution in [-0.2, 0) is 11.2 Å². The van der Waals surface area contributed by atoms with Crippen LogP contribution in [0.2, 0.25) is 5.02 Å². The van der Waals surface area contributed by atoms with Crippen LogP contribution in [0.15, 0.2) is 41.1 Å². The fraction of sp³-hybridized carbons (Fsp3) is 0.154. The number of halogens is 2. The molecule has 1 aromatic carbocycles. The van der Waals surface area contributed by atoms with Crippen molar-refractivity contribution >= 4 is 33.5 Å². The van der Waals surface area contributed by atoms with Crippen LogP contribution in [0, 0.1) is 0 Å². The molecule has 0 spiro atoms. The first-order chi connectivity index (χ1) is 9.08. The zero-order chi connectivity index (χ0) is 13.8. The van der Waals surface area contributed by atoms with Gasteiger partial charge in [-0.15, -0.1) is 0 Å². The molecule has 0 radical (unpaired) electrons. The van der Waals surface area contributed by atoms with E-state index in [0.717, 1.165) is 5.56 Å². The number of carboxylic acids is 1. The lowest BCUT2D eigenvalue weighted by atomic mass is 9.98. The van der Waals surface area contributed by atoms with Gasteiger partial charge >= 0.3 is 5.97 Å². The highest BCUT2D eigenvalue weighted by molar-refractivity contribution is 9.10. The van der Waals surface area contributed by atoms with Crippen molar-refractivity contribution in [1.82, 2.24) is 9.97 Å². The topological polar surface area (TPSA) is 63.1 Å². The molecule has 19 heavy (non-hydrogen) atoms. The molecule has 0 saturated carbocycles. The number of carboxylic acid groups (broad SMARTS) is 1. The van der Waals surface area contributed by atoms with Crippen molar-refractivity contribution in [3.63, 3.8) is 0 Å². The van der Waals surface area contributed by atoms with Crippen LogP contribution in [0.3, 0.4) is 0 Å². The summed E-state index contributed by atoms with van der Waals surface area (Å²) in [5.74, 6) is -1.51. The molecule has 1 unspecified atom stereocenters. The zero-order valence-electron chi connectivity index (χ0n) is 9.75. The molecule has 1 aromatic heterocycles. The molecule has 0 amide bonds. The number of aliphatic carboxylic acids is 1. The van der Waals surface area contributed by atoms with Gasteiger partial charge in [0.15, 0.2) is 0 Å². The Morgan fingerprint density at radius 3 is 2.53 bits per heavy atom. The molecular formula is C13H10BrClN2O2. The van der Waals surface area contributed by atoms with Gasteiger partial charge in [-0.2, -0.15) is 0 Å². The minimum atomic E-state index is -0.970. The van der Waals surface area contributed by atoms with E-state index in [0.29, 0.717) is 9.50 Å². The van der Waals surface area contributed by atoms with Gasteiger partial charge < -0.3 is 5.11 Å². The first kappa shape index (κ1) is 14.0. The second-order valence-corrected chi connectivity index (χ2v) is 5.27. The molecule has 2 rings (SSSR count). The minimum Gasteiger partial charge on any atom is -0.481 e. The van der Waals surface area contributed by atoms with E-state index in [-0.39, 0.29) is 12.2 Å². The molecule has 0 saturated heterocycles. The number of aromatic nitrogens is 2. The molecule has 1 heterocycles. The van der Waals surface area contributed by atoms with Gasteiger partial charge in [-0.3, -0.25) is 4.79 Å². The first-order valence-corrected chi connectivity index (χ1v) is 6.68. The van der Waals surface area contributed by atoms with Crippen LogP contribution in [-0.4, -0.2) is 21.0 Å². The number of hydrogen-bond acceptors (Lipinski definition) is 3. The molecule has 98 valence electrons. The molecule has 6 heteroatoms. The van der Waals surface area contributed by atoms with Gasteiger partial charge in [0.25, 0.3) is 0 Å². The number of benzene rings is 1. The summed E-state index contributed by atoms with van der Waals surface area (Å²) < 4.78 is 0.707. The third kappa shape index (κ3) is 3.52. The van der Waals surface area contributed by atoms with Gasteiger partial charge in [0.05, 0.1) is 4.47 Å². The van der Waals surface area contributed by atoms with Crippen LogP contribution >= 0.6 is 27.5 Å². The van der Waals surface area contributed by atoms with Gasteiger partial charge in [0.1, 0.15) is 11.7 Å². The van der Waals surface area contributed by atoms with Crippen LogP contribution in [0.25, 0.3) is 0 Å². The summed E-state index contributed by atoms with van der Waals surface area (Å²) in [7, 11) is 0. The normalized spacial score (nSPS) is 12.1. The average Bonchev–Trinajstić information content (AvgIpc) is 2.39. The van der Waals surface area contributed by atoms with Crippen LogP contribution in [0.1, 0.15) is 17.3 Å². The Morgan fingerprint density at radius 2 is 1.95 bits per heavy atom. The summed E-state index contributed by atoms with van der Waals surface area (Å²) in [6.45, 7) is 0. The summed E-state index contributed by atoms with van der Waals surface area (Å²) >= 11 is 9.26. The minimum absolute atomic E-state index is 0.261. The molecule has 0 aliphatic rings. The second kappa shape index (κ2) is 6.12. The van der Waals surface area contributed by atoms with E-state index in [4.69, 9.17) is 11.6 Å². The highest BCUT2D eigenvalue weighted by atomic mass is 79.9. The van der Waals surface area contributed by atoms with Crippen LogP contribution in [0.4, 0.5) is 0 Å². The number of nitrogens with zero attached hydrogens (tertiary/aromatic N) is 2. The fourth-order valence-electron chi connectivity index (χ4n) is 1.68. The smallest absolute Gasteiger partial charge is 0.314 e. The van der Waals surface area contributed by atoms with Crippen LogP contribution < -0.4 is 0 Å². The van der Waals surface area contributed by atoms with Crippen molar-refractivity contribution in [1.29, 1.82) is 0 Å². The number of rotatable bonds is 4. The standard InChI is InChI=1S/C13H10BrClN2O2/c14-9-6-16-12(17-7-9)10(13(18)19)5-8-3-1-2-4-11(8)15/h1-4,6-7,10H,5H2,(H,18,19). The quantitative estimate of drug-likeness (QED) is 0.927. The predicted molar refractivity (Wildman–Crippen MR) is 75.3 cm³/mol. The SMILES string of the molecule is O=C(O)C(Cc1ccccc1Cl)c1ncc(Br)cn1. The van der Waals surface area contributed by atoms with Gasteiger partial charge in [0, 0.05) is 17.4 Å². The van der Waals surface area contributed by atoms with Crippen molar-refractivity contribution in [2.75, 3.05) is 0 Å². The summed E-state index contributed by atoms with van der Waals surface area (Å²) in [5, 5.41) is 9.86. The molecule has 1 N–H and O–H groups in total. The highest BCUT2D eigenvalue weighted by Crippen LogP contribution is 2.23. The average molecular weight is 342 g/mol. The Balaban J connectivity index is 2.29. The van der Waals surface area contributed by atoms with Crippen molar-refractivity contribution in [3.05, 3.63) is 57.5 Å². The second-order valence-electron chi connectivity index (χ2n) is 3.95. The zero-order valence-corrected chi connectivity index (χ0v) is 12.1. The Morgan fingerprint density at radius 1 is 1.32 bits per heavy atom. The van der Waals surface area contributed by atoms with E-state index in [1.807, 2.05) is 6.07 Å². The fourth-order valence-corrected chi connectivity index (χ4v) is 2.09. The Hall–Kier alpha value is -1.46. The lowest BCUT2D eigenvalue weighted by Gasteiger charge is -2.12. The van der Waals surface area contributed by atoms with Crippen molar-refractivity contribution in [2.24, 2.45) is 0 Å². The molecule has 0 bridgehead atoms. The monoisotopic (exact) mass is 340 g/mol. The predicted octanol–water partition coefficient (Wildman–Crippen LogP) is 3.30. The summed E-state index contributed by atoms with van der Waals surface area (Å²) in [4.78, 5) is 19.5. The van der Waals surface area contributed by atoms with Crippen molar-refractivity contribution in [2.45, 2.75) is 12.3 Å². The Labute approximate surface area is 123 Å². The molecule has 0 aliphatic carbocycles. The van der Waals surface area contributed by atoms with E-state index in [9.17, 15) is 9.90 Å². The lowest BCUT2D eigenvalue weighted by molar-refractivity contribution is -0.139. The van der Waals surface area contributed by atoms with Gasteiger partial charge in [-0.05, 0) is 34.0 Å². The summed E-state index contributed by atoms with van der Waals surface area (Å²) in [6.07, 6.45) is 3.33. The molecule has 2 aromatic rings. The number of hydrogen-bond donors (Lipinski definition) is 1. The third-order valence-corrected chi connectivity index (χ3v) is 3.41. The largest absolute Gasteiger partial charge is 0.481 e. The Bertz CT molecular complexity index is 589. The van der Waals surface area contributed by atoms with Crippen LogP contribution in [0.5, 0.6) is 0 Å². The summed E-state index contributed by atoms with van der Waals surface area (Å²) in [5.41, 5.74) is 0.767. The lowest BCUT2D eigenvalue weighted by Crippen LogP contribution is -2.17. The van der Waals surface area contributed by atoms with Gasteiger partial charge in [-0.25, -0.2) is 9.97 Å². The maximum atomic E-state index is 11.4. The van der Waals surface area contributed by atoms with Crippen molar-refractivity contribution in [3.8, 4) is 0 Å².